The number of aryl methyl sites for hydroxylation is 1. The molecule has 3 aromatic rings. The molecule has 34 heavy (non-hydrogen) atoms. The molecule has 12 heteroatoms. The minimum atomic E-state index is -0.672. The first-order valence-electron chi connectivity index (χ1n) is 10.2. The van der Waals surface area contributed by atoms with Gasteiger partial charge < -0.3 is 25.4 Å². The van der Waals surface area contributed by atoms with E-state index in [-0.39, 0.29) is 30.7 Å². The van der Waals surface area contributed by atoms with E-state index in [1.165, 1.54) is 56.8 Å². The fourth-order valence-electron chi connectivity index (χ4n) is 3.13. The first-order chi connectivity index (χ1) is 16.2. The van der Waals surface area contributed by atoms with Crippen LogP contribution >= 0.6 is 11.3 Å². The Morgan fingerprint density at radius 3 is 2.41 bits per heavy atom. The van der Waals surface area contributed by atoms with Crippen LogP contribution in [0.2, 0.25) is 0 Å². The first-order valence-corrected chi connectivity index (χ1v) is 11.1. The highest BCUT2D eigenvalue weighted by Gasteiger charge is 2.21. The number of fused-ring (bicyclic) bond motifs is 1. The van der Waals surface area contributed by atoms with Crippen molar-refractivity contribution in [2.24, 2.45) is 0 Å². The monoisotopic (exact) mass is 489 g/mol. The molecule has 1 aromatic carbocycles. The number of nitrogens with zero attached hydrogens (tertiary/aromatic N) is 2. The van der Waals surface area contributed by atoms with Crippen molar-refractivity contribution in [3.05, 3.63) is 40.8 Å². The molecule has 0 bridgehead atoms. The molecule has 2 heterocycles. The highest BCUT2D eigenvalue weighted by atomic mass is 32.1. The highest BCUT2D eigenvalue weighted by Crippen LogP contribution is 2.36. The molecule has 0 aliphatic rings. The molecule has 2 aromatic heterocycles. The zero-order valence-corrected chi connectivity index (χ0v) is 19.8. The predicted octanol–water partition coefficient (Wildman–Crippen LogP) is 2.69. The maximum Gasteiger partial charge on any atom is 0.348 e. The number of carbonyl (C=O) groups excluding carboxylic acids is 3. The molecule has 180 valence electrons. The zero-order chi connectivity index (χ0) is 24.8. The van der Waals surface area contributed by atoms with Gasteiger partial charge >= 0.3 is 5.97 Å². The molecule has 2 amide bonds. The molecule has 3 rings (SSSR count). The quantitative estimate of drug-likeness (QED) is 0.391. The average molecular weight is 490 g/mol. The Labute approximate surface area is 198 Å². The summed E-state index contributed by atoms with van der Waals surface area (Å²) in [7, 11) is 1.30. The number of benzene rings is 1. The number of esters is 1. The number of anilines is 2. The minimum absolute atomic E-state index is 0.0927. The summed E-state index contributed by atoms with van der Waals surface area (Å²) in [5, 5.41) is 9.01. The highest BCUT2D eigenvalue weighted by molar-refractivity contribution is 7.20. The third-order valence-electron chi connectivity index (χ3n) is 4.75. The topological polar surface area (TPSA) is 132 Å². The van der Waals surface area contributed by atoms with E-state index >= 15 is 0 Å². The molecule has 0 radical (unpaired) electrons. The molecule has 0 saturated carbocycles. The largest absolute Gasteiger partial charge is 0.484 e. The fraction of sp³-hybridized carbons (Fsp3) is 0.318. The van der Waals surface area contributed by atoms with Crippen LogP contribution in [-0.2, 0) is 14.3 Å². The average Bonchev–Trinajstić information content (AvgIpc) is 3.14. The number of hydrogen-bond donors (Lipinski definition) is 3. The van der Waals surface area contributed by atoms with Crippen LogP contribution in [0.4, 0.5) is 15.9 Å². The fourth-order valence-corrected chi connectivity index (χ4v) is 4.20. The third-order valence-corrected chi connectivity index (χ3v) is 5.93. The standard InChI is InChI=1S/C22H24FN5O5S/c1-11-18-20(26-10-27-21(18)34-19(11)22(31)32-4)28-16-6-5-14(23)7-17(16)33-15(8-24-12(2)29)9-25-13(3)30/h5-7,10,15H,8-9H2,1-4H3,(H,24,29)(H,25,30)(H,26,27,28). The molecule has 0 saturated heterocycles. The molecule has 0 fully saturated rings. The van der Waals surface area contributed by atoms with Crippen LogP contribution < -0.4 is 20.7 Å². The number of thiophene rings is 1. The summed E-state index contributed by atoms with van der Waals surface area (Å²) in [4.78, 5) is 44.3. The zero-order valence-electron chi connectivity index (χ0n) is 19.0. The number of rotatable bonds is 9. The number of nitrogens with one attached hydrogen (secondary N) is 3. The van der Waals surface area contributed by atoms with Gasteiger partial charge in [0, 0.05) is 19.9 Å². The lowest BCUT2D eigenvalue weighted by atomic mass is 10.2. The SMILES string of the molecule is COC(=O)c1sc2ncnc(Nc3ccc(F)cc3OC(CNC(C)=O)CNC(C)=O)c2c1C. The summed E-state index contributed by atoms with van der Waals surface area (Å²) in [5.41, 5.74) is 1.04. The Morgan fingerprint density at radius 1 is 1.12 bits per heavy atom. The van der Waals surface area contributed by atoms with E-state index in [2.05, 4.69) is 25.9 Å². The number of amides is 2. The van der Waals surface area contributed by atoms with Crippen molar-refractivity contribution in [1.82, 2.24) is 20.6 Å². The third kappa shape index (κ3) is 5.95. The maximum absolute atomic E-state index is 14.1. The van der Waals surface area contributed by atoms with E-state index in [4.69, 9.17) is 9.47 Å². The number of methoxy groups -OCH3 is 1. The van der Waals surface area contributed by atoms with Crippen molar-refractivity contribution in [3.63, 3.8) is 0 Å². The normalized spacial score (nSPS) is 10.8. The van der Waals surface area contributed by atoms with Crippen molar-refractivity contribution in [1.29, 1.82) is 0 Å². The molecular weight excluding hydrogens is 465 g/mol. The Morgan fingerprint density at radius 2 is 1.79 bits per heavy atom. The van der Waals surface area contributed by atoms with Gasteiger partial charge in [-0.05, 0) is 24.6 Å². The number of hydrogen-bond acceptors (Lipinski definition) is 9. The van der Waals surface area contributed by atoms with E-state index in [1.54, 1.807) is 6.92 Å². The number of ether oxygens (including phenoxy) is 2. The summed E-state index contributed by atoms with van der Waals surface area (Å²) < 4.78 is 24.9. The van der Waals surface area contributed by atoms with Crippen LogP contribution in [0.5, 0.6) is 5.75 Å². The summed E-state index contributed by atoms with van der Waals surface area (Å²) in [6, 6.07) is 3.93. The summed E-state index contributed by atoms with van der Waals surface area (Å²) in [6.45, 7) is 4.66. The summed E-state index contributed by atoms with van der Waals surface area (Å²) in [5.74, 6) is -1.01. The van der Waals surface area contributed by atoms with Gasteiger partial charge in [0.25, 0.3) is 0 Å². The van der Waals surface area contributed by atoms with Gasteiger partial charge in [-0.25, -0.2) is 19.2 Å². The molecule has 0 atom stereocenters. The van der Waals surface area contributed by atoms with E-state index < -0.39 is 17.9 Å². The molecule has 10 nitrogen and oxygen atoms in total. The van der Waals surface area contributed by atoms with E-state index in [9.17, 15) is 18.8 Å². The number of halogens is 1. The Balaban J connectivity index is 1.95. The molecule has 0 spiro atoms. The lowest BCUT2D eigenvalue weighted by Crippen LogP contribution is -2.42. The van der Waals surface area contributed by atoms with Crippen molar-refractivity contribution in [2.45, 2.75) is 26.9 Å². The Kier molecular flexibility index (Phi) is 7.95. The van der Waals surface area contributed by atoms with Crippen LogP contribution in [0.15, 0.2) is 24.5 Å². The second-order valence-electron chi connectivity index (χ2n) is 7.33. The van der Waals surface area contributed by atoms with Crippen LogP contribution in [0.3, 0.4) is 0 Å². The molecule has 3 N–H and O–H groups in total. The van der Waals surface area contributed by atoms with Crippen LogP contribution in [0, 0.1) is 12.7 Å². The van der Waals surface area contributed by atoms with Gasteiger partial charge in [-0.15, -0.1) is 11.3 Å². The van der Waals surface area contributed by atoms with Gasteiger partial charge in [0.1, 0.15) is 39.5 Å². The second kappa shape index (κ2) is 10.9. The lowest BCUT2D eigenvalue weighted by Gasteiger charge is -2.22. The van der Waals surface area contributed by atoms with Crippen LogP contribution in [0.25, 0.3) is 10.2 Å². The van der Waals surface area contributed by atoms with Crippen LogP contribution in [0.1, 0.15) is 29.1 Å². The molecule has 0 aliphatic heterocycles. The van der Waals surface area contributed by atoms with Gasteiger partial charge in [-0.2, -0.15) is 0 Å². The summed E-state index contributed by atoms with van der Waals surface area (Å²) >= 11 is 1.18. The van der Waals surface area contributed by atoms with Crippen LogP contribution in [-0.4, -0.2) is 54.1 Å². The van der Waals surface area contributed by atoms with E-state index in [1.807, 2.05) is 0 Å². The van der Waals surface area contributed by atoms with Gasteiger partial charge in [0.05, 0.1) is 31.3 Å². The van der Waals surface area contributed by atoms with Gasteiger partial charge in [0.15, 0.2) is 0 Å². The Hall–Kier alpha value is -3.80. The molecule has 0 unspecified atom stereocenters. The molecular formula is C22H24FN5O5S. The smallest absolute Gasteiger partial charge is 0.348 e. The van der Waals surface area contributed by atoms with Gasteiger partial charge in [-0.1, -0.05) is 0 Å². The molecule has 0 aliphatic carbocycles. The lowest BCUT2D eigenvalue weighted by molar-refractivity contribution is -0.119. The van der Waals surface area contributed by atoms with Crippen molar-refractivity contribution in [2.75, 3.05) is 25.5 Å². The van der Waals surface area contributed by atoms with E-state index in [0.29, 0.717) is 32.2 Å². The maximum atomic E-state index is 14.1. The van der Waals surface area contributed by atoms with Gasteiger partial charge in [-0.3, -0.25) is 9.59 Å². The van der Waals surface area contributed by atoms with Crippen molar-refractivity contribution < 1.29 is 28.2 Å². The Bertz CT molecular complexity index is 1210. The second-order valence-corrected chi connectivity index (χ2v) is 8.33. The first kappa shape index (κ1) is 24.8. The van der Waals surface area contributed by atoms with E-state index in [0.717, 1.165) is 0 Å². The number of aromatic nitrogens is 2. The number of carbonyl (C=O) groups is 3. The van der Waals surface area contributed by atoms with Gasteiger partial charge in [0.2, 0.25) is 11.8 Å². The predicted molar refractivity (Wildman–Crippen MR) is 125 cm³/mol. The minimum Gasteiger partial charge on any atom is -0.484 e. The van der Waals surface area contributed by atoms with Crippen molar-refractivity contribution in [3.8, 4) is 5.75 Å². The summed E-state index contributed by atoms with van der Waals surface area (Å²) in [6.07, 6.45) is 0.677. The van der Waals surface area contributed by atoms with Crippen molar-refractivity contribution >= 4 is 50.8 Å².